The van der Waals surface area contributed by atoms with Gasteiger partial charge in [-0.1, -0.05) is 42.5 Å². The fourth-order valence-electron chi connectivity index (χ4n) is 2.71. The minimum atomic E-state index is -0.145. The zero-order valence-electron chi connectivity index (χ0n) is 13.5. The van der Waals surface area contributed by atoms with E-state index in [0.717, 1.165) is 12.1 Å². The maximum Gasteiger partial charge on any atom is 0.260 e. The Bertz CT molecular complexity index is 1050. The molecule has 2 aromatic heterocycles. The number of nitrogens with zero attached hydrogens (tertiary/aromatic N) is 3. The molecule has 6 heteroatoms. The van der Waals surface area contributed by atoms with Gasteiger partial charge in [-0.05, 0) is 17.7 Å². The molecular weight excluding hydrogens is 314 g/mol. The minimum Gasteiger partial charge on any atom is -0.352 e. The first kappa shape index (κ1) is 15.1. The highest BCUT2D eigenvalue weighted by molar-refractivity contribution is 5.78. The first-order chi connectivity index (χ1) is 12.3. The fourth-order valence-corrected chi connectivity index (χ4v) is 2.71. The summed E-state index contributed by atoms with van der Waals surface area (Å²) in [5, 5.41) is 8.11. The van der Waals surface area contributed by atoms with E-state index in [1.165, 1.54) is 5.56 Å². The first-order valence-corrected chi connectivity index (χ1v) is 8.06. The average Bonchev–Trinajstić information content (AvgIpc) is 3.08. The summed E-state index contributed by atoms with van der Waals surface area (Å²) < 4.78 is 1.89. The van der Waals surface area contributed by atoms with E-state index in [1.54, 1.807) is 6.07 Å². The third-order valence-electron chi connectivity index (χ3n) is 3.95. The highest BCUT2D eigenvalue weighted by Gasteiger charge is 2.04. The molecule has 4 aromatic rings. The maximum atomic E-state index is 12.1. The largest absolute Gasteiger partial charge is 0.352 e. The number of rotatable bonds is 5. The van der Waals surface area contributed by atoms with E-state index in [9.17, 15) is 4.79 Å². The Morgan fingerprint density at radius 1 is 1.00 bits per heavy atom. The van der Waals surface area contributed by atoms with Gasteiger partial charge in [0.1, 0.15) is 0 Å². The topological polar surface area (TPSA) is 75.6 Å². The van der Waals surface area contributed by atoms with Crippen LogP contribution in [-0.4, -0.2) is 19.7 Å². The van der Waals surface area contributed by atoms with Crippen molar-refractivity contribution in [2.24, 2.45) is 0 Å². The number of para-hydroxylation sites is 1. The summed E-state index contributed by atoms with van der Waals surface area (Å²) in [5.41, 5.74) is 2.75. The van der Waals surface area contributed by atoms with Crippen LogP contribution in [0.4, 0.5) is 5.95 Å². The van der Waals surface area contributed by atoms with Gasteiger partial charge in [-0.2, -0.15) is 5.10 Å². The summed E-state index contributed by atoms with van der Waals surface area (Å²) >= 11 is 0. The van der Waals surface area contributed by atoms with Crippen molar-refractivity contribution in [2.45, 2.75) is 13.1 Å². The number of hydrogen-bond acceptors (Lipinski definition) is 4. The Kier molecular flexibility index (Phi) is 4.00. The summed E-state index contributed by atoms with van der Waals surface area (Å²) in [5.74, 6) is 0.458. The second kappa shape index (κ2) is 6.60. The minimum absolute atomic E-state index is 0.145. The molecule has 0 aliphatic carbocycles. The Balaban J connectivity index is 1.46. The van der Waals surface area contributed by atoms with E-state index in [4.69, 9.17) is 0 Å². The first-order valence-electron chi connectivity index (χ1n) is 8.06. The number of hydrogen-bond donors (Lipinski definition) is 2. The van der Waals surface area contributed by atoms with Crippen LogP contribution in [0.1, 0.15) is 11.1 Å². The molecule has 0 radical (unpaired) electrons. The van der Waals surface area contributed by atoms with E-state index in [2.05, 4.69) is 32.5 Å². The molecule has 0 fully saturated rings. The molecule has 0 spiro atoms. The lowest BCUT2D eigenvalue weighted by Gasteiger charge is -2.05. The van der Waals surface area contributed by atoms with Crippen molar-refractivity contribution in [1.82, 2.24) is 19.7 Å². The zero-order chi connectivity index (χ0) is 17.1. The Morgan fingerprint density at radius 3 is 2.68 bits per heavy atom. The van der Waals surface area contributed by atoms with Crippen LogP contribution < -0.4 is 10.9 Å². The van der Waals surface area contributed by atoms with Crippen LogP contribution in [0.2, 0.25) is 0 Å². The number of nitrogens with one attached hydrogen (secondary N) is 2. The molecule has 0 aliphatic rings. The number of aromatic amines is 1. The van der Waals surface area contributed by atoms with Gasteiger partial charge < -0.3 is 5.32 Å². The van der Waals surface area contributed by atoms with Gasteiger partial charge in [0, 0.05) is 18.3 Å². The molecule has 124 valence electrons. The molecule has 4 rings (SSSR count). The predicted octanol–water partition coefficient (Wildman–Crippen LogP) is 2.78. The standard InChI is InChI=1S/C19H17N5O/c25-18-16-8-4-5-9-17(16)22-19(23-18)20-10-15-11-21-24(13-15)12-14-6-2-1-3-7-14/h1-9,11,13H,10,12H2,(H2,20,22,23,25). The van der Waals surface area contributed by atoms with E-state index < -0.39 is 0 Å². The SMILES string of the molecule is O=c1[nH]c(NCc2cnn(Cc3ccccc3)c2)nc2ccccc12. The Hall–Kier alpha value is -3.41. The number of H-pyrrole nitrogens is 1. The quantitative estimate of drug-likeness (QED) is 0.590. The van der Waals surface area contributed by atoms with E-state index in [0.29, 0.717) is 23.4 Å². The summed E-state index contributed by atoms with van der Waals surface area (Å²) in [4.78, 5) is 19.3. The third kappa shape index (κ3) is 3.42. The molecule has 2 N–H and O–H groups in total. The molecule has 2 aromatic carbocycles. The fraction of sp³-hybridized carbons (Fsp3) is 0.105. The van der Waals surface area contributed by atoms with Crippen molar-refractivity contribution in [3.8, 4) is 0 Å². The molecule has 2 heterocycles. The van der Waals surface area contributed by atoms with Gasteiger partial charge in [0.15, 0.2) is 0 Å². The van der Waals surface area contributed by atoms with Crippen LogP contribution in [0.5, 0.6) is 0 Å². The summed E-state index contributed by atoms with van der Waals surface area (Å²) in [6.07, 6.45) is 3.80. The number of fused-ring (bicyclic) bond motifs is 1. The van der Waals surface area contributed by atoms with Gasteiger partial charge in [0.05, 0.1) is 23.6 Å². The lowest BCUT2D eigenvalue weighted by atomic mass is 10.2. The normalized spacial score (nSPS) is 10.9. The number of benzene rings is 2. The lowest BCUT2D eigenvalue weighted by molar-refractivity contribution is 0.686. The molecular formula is C19H17N5O. The lowest BCUT2D eigenvalue weighted by Crippen LogP contribution is -2.13. The van der Waals surface area contributed by atoms with Crippen LogP contribution in [0.25, 0.3) is 10.9 Å². The highest BCUT2D eigenvalue weighted by Crippen LogP contribution is 2.09. The molecule has 0 atom stereocenters. The predicted molar refractivity (Wildman–Crippen MR) is 97.5 cm³/mol. The van der Waals surface area contributed by atoms with Crippen molar-refractivity contribution in [3.63, 3.8) is 0 Å². The van der Waals surface area contributed by atoms with E-state index in [-0.39, 0.29) is 5.56 Å². The monoisotopic (exact) mass is 331 g/mol. The maximum absolute atomic E-state index is 12.1. The van der Waals surface area contributed by atoms with Gasteiger partial charge >= 0.3 is 0 Å². The van der Waals surface area contributed by atoms with Crippen molar-refractivity contribution in [3.05, 3.63) is 88.5 Å². The zero-order valence-corrected chi connectivity index (χ0v) is 13.5. The van der Waals surface area contributed by atoms with Crippen LogP contribution in [0, 0.1) is 0 Å². The van der Waals surface area contributed by atoms with Gasteiger partial charge in [0.2, 0.25) is 5.95 Å². The summed E-state index contributed by atoms with van der Waals surface area (Å²) in [6.45, 7) is 1.27. The average molecular weight is 331 g/mol. The Labute approximate surface area is 144 Å². The summed E-state index contributed by atoms with van der Waals surface area (Å²) in [7, 11) is 0. The summed E-state index contributed by atoms with van der Waals surface area (Å²) in [6, 6.07) is 17.5. The van der Waals surface area contributed by atoms with Crippen molar-refractivity contribution in [1.29, 1.82) is 0 Å². The van der Waals surface area contributed by atoms with Crippen LogP contribution >= 0.6 is 0 Å². The smallest absolute Gasteiger partial charge is 0.260 e. The highest BCUT2D eigenvalue weighted by atomic mass is 16.1. The third-order valence-corrected chi connectivity index (χ3v) is 3.95. The molecule has 0 unspecified atom stereocenters. The molecule has 25 heavy (non-hydrogen) atoms. The molecule has 0 aliphatic heterocycles. The van der Waals surface area contributed by atoms with Gasteiger partial charge in [-0.25, -0.2) is 4.98 Å². The van der Waals surface area contributed by atoms with Gasteiger partial charge in [-0.15, -0.1) is 0 Å². The second-order valence-corrected chi connectivity index (χ2v) is 5.82. The second-order valence-electron chi connectivity index (χ2n) is 5.82. The number of aromatic nitrogens is 4. The van der Waals surface area contributed by atoms with Crippen LogP contribution in [0.3, 0.4) is 0 Å². The van der Waals surface area contributed by atoms with Crippen molar-refractivity contribution in [2.75, 3.05) is 5.32 Å². The van der Waals surface area contributed by atoms with E-state index in [1.807, 2.05) is 53.5 Å². The molecule has 0 bridgehead atoms. The van der Waals surface area contributed by atoms with Crippen molar-refractivity contribution < 1.29 is 0 Å². The molecule has 0 amide bonds. The molecule has 0 saturated carbocycles. The van der Waals surface area contributed by atoms with Crippen LogP contribution in [-0.2, 0) is 13.1 Å². The molecule has 0 saturated heterocycles. The van der Waals surface area contributed by atoms with Gasteiger partial charge in [0.25, 0.3) is 5.56 Å². The van der Waals surface area contributed by atoms with Crippen LogP contribution in [0.15, 0.2) is 71.8 Å². The Morgan fingerprint density at radius 2 is 1.80 bits per heavy atom. The number of anilines is 1. The molecule has 6 nitrogen and oxygen atoms in total. The van der Waals surface area contributed by atoms with E-state index >= 15 is 0 Å². The van der Waals surface area contributed by atoms with Gasteiger partial charge in [-0.3, -0.25) is 14.5 Å². The van der Waals surface area contributed by atoms with Crippen molar-refractivity contribution >= 4 is 16.9 Å².